The number of carbonyl (C=O) groups is 6. The van der Waals surface area contributed by atoms with Crippen LogP contribution in [0.1, 0.15) is 135 Å². The summed E-state index contributed by atoms with van der Waals surface area (Å²) >= 11 is 0. The van der Waals surface area contributed by atoms with E-state index in [1.807, 2.05) is 20.8 Å². The van der Waals surface area contributed by atoms with Crippen molar-refractivity contribution in [2.75, 3.05) is 0 Å². The molecule has 0 heterocycles. The van der Waals surface area contributed by atoms with Gasteiger partial charge in [-0.15, -0.1) is 0 Å². The largest absolute Gasteiger partial charge is 0.434 e. The van der Waals surface area contributed by atoms with Gasteiger partial charge in [0.2, 0.25) is 11.6 Å². The third-order valence-electron chi connectivity index (χ3n) is 4.87. The molecule has 0 atom stereocenters. The maximum Gasteiger partial charge on any atom is 0.315 e. The Balaban J connectivity index is -0.000000689. The molecule has 0 saturated carbocycles. The second-order valence-corrected chi connectivity index (χ2v) is 11.6. The van der Waals surface area contributed by atoms with Crippen LogP contribution >= 0.6 is 0 Å². The van der Waals surface area contributed by atoms with Crippen LogP contribution in [0.3, 0.4) is 0 Å². The minimum absolute atomic E-state index is 0. The molecule has 10 nitrogen and oxygen atoms in total. The highest BCUT2D eigenvalue weighted by Crippen LogP contribution is 2.26. The molecule has 234 valence electrons. The van der Waals surface area contributed by atoms with Crippen molar-refractivity contribution in [2.24, 2.45) is 0 Å². The first-order valence-corrected chi connectivity index (χ1v) is 13.4. The van der Waals surface area contributed by atoms with E-state index in [2.05, 4.69) is 0 Å². The van der Waals surface area contributed by atoms with Crippen molar-refractivity contribution < 1.29 is 47.7 Å². The molecule has 0 aliphatic heterocycles. The first-order valence-electron chi connectivity index (χ1n) is 13.4. The average molecular weight is 575 g/mol. The second-order valence-electron chi connectivity index (χ2n) is 11.6. The van der Waals surface area contributed by atoms with Crippen LogP contribution in [0.5, 0.6) is 0 Å². The quantitative estimate of drug-likeness (QED) is 0.118. The molecule has 0 aromatic heterocycles. The van der Waals surface area contributed by atoms with E-state index >= 15 is 0 Å². The Morgan fingerprint density at radius 1 is 0.525 bits per heavy atom. The van der Waals surface area contributed by atoms with Crippen LogP contribution in [0, 0.1) is 0 Å². The topological polar surface area (TPSA) is 139 Å². The Hall–Kier alpha value is -2.46. The van der Waals surface area contributed by atoms with Crippen LogP contribution in [0.15, 0.2) is 0 Å². The molecule has 0 spiro atoms. The van der Waals surface area contributed by atoms with Gasteiger partial charge in [0.25, 0.3) is 0 Å². The van der Waals surface area contributed by atoms with Gasteiger partial charge in [0.05, 0.1) is 17.6 Å². The van der Waals surface area contributed by atoms with Crippen molar-refractivity contribution in [1.82, 2.24) is 0 Å². The fourth-order valence-electron chi connectivity index (χ4n) is 3.80. The summed E-state index contributed by atoms with van der Waals surface area (Å²) in [5, 5.41) is 0. The molecule has 0 N–H and O–H groups in total. The van der Waals surface area contributed by atoms with Crippen LogP contribution < -0.4 is 0 Å². The number of ether oxygens (including phenoxy) is 4. The number of rotatable bonds is 17. The first-order chi connectivity index (χ1) is 17.5. The van der Waals surface area contributed by atoms with E-state index in [0.29, 0.717) is 19.3 Å². The van der Waals surface area contributed by atoms with E-state index in [-0.39, 0.29) is 62.2 Å². The van der Waals surface area contributed by atoms with Crippen molar-refractivity contribution in [3.05, 3.63) is 0 Å². The Kier molecular flexibility index (Phi) is 19.0. The van der Waals surface area contributed by atoms with E-state index in [4.69, 9.17) is 18.9 Å². The lowest BCUT2D eigenvalue weighted by Crippen LogP contribution is -2.42. The van der Waals surface area contributed by atoms with E-state index in [0.717, 1.165) is 0 Å². The maximum absolute atomic E-state index is 11.7. The monoisotopic (exact) mass is 574 g/mol. The molecular weight excluding hydrogens is 520 g/mol. The molecule has 0 amide bonds. The number of carbonyl (C=O) groups excluding carboxylic acids is 6. The zero-order valence-electron chi connectivity index (χ0n) is 26.0. The summed E-state index contributed by atoms with van der Waals surface area (Å²) in [6.07, 6.45) is 0.966. The van der Waals surface area contributed by atoms with Gasteiger partial charge < -0.3 is 18.9 Å². The predicted octanol–water partition coefficient (Wildman–Crippen LogP) is 5.84. The van der Waals surface area contributed by atoms with E-state index in [9.17, 15) is 28.8 Å². The van der Waals surface area contributed by atoms with Gasteiger partial charge in [-0.2, -0.15) is 0 Å². The lowest BCUT2D eigenvalue weighted by atomic mass is 9.98. The highest BCUT2D eigenvalue weighted by molar-refractivity contribution is 5.98. The minimum Gasteiger partial charge on any atom is -0.434 e. The molecule has 0 aliphatic carbocycles. The lowest BCUT2D eigenvalue weighted by Gasteiger charge is -2.35. The van der Waals surface area contributed by atoms with E-state index in [1.165, 1.54) is 6.92 Å². The van der Waals surface area contributed by atoms with Gasteiger partial charge in [0, 0.05) is 59.8 Å². The fraction of sp³-hybridized carbons (Fsp3) is 0.800. The van der Waals surface area contributed by atoms with Crippen molar-refractivity contribution >= 4 is 35.1 Å². The highest BCUT2D eigenvalue weighted by Gasteiger charge is 2.35. The van der Waals surface area contributed by atoms with Gasteiger partial charge in [-0.1, -0.05) is 28.2 Å². The first kappa shape index (κ1) is 42.0. The summed E-state index contributed by atoms with van der Waals surface area (Å²) in [4.78, 5) is 68.1. The highest BCUT2D eigenvalue weighted by atomic mass is 16.7. The molecule has 0 aromatic rings. The molecule has 40 heavy (non-hydrogen) atoms. The molecule has 0 radical (unpaired) electrons. The number of esters is 2. The van der Waals surface area contributed by atoms with Crippen LogP contribution in [0.2, 0.25) is 0 Å². The Morgan fingerprint density at radius 3 is 1.25 bits per heavy atom. The summed E-state index contributed by atoms with van der Waals surface area (Å²) in [5.74, 6) is -3.78. The van der Waals surface area contributed by atoms with Gasteiger partial charge in [-0.3, -0.25) is 28.8 Å². The molecule has 0 aliphatic rings. The number of hydrogen-bond acceptors (Lipinski definition) is 10. The molecule has 0 aromatic carbocycles. The smallest absolute Gasteiger partial charge is 0.315 e. The van der Waals surface area contributed by atoms with E-state index < -0.39 is 28.7 Å². The Labute approximate surface area is 241 Å². The second kappa shape index (κ2) is 18.1. The van der Waals surface area contributed by atoms with Crippen LogP contribution in [-0.2, 0) is 47.7 Å². The summed E-state index contributed by atoms with van der Waals surface area (Å²) in [6.45, 7) is 20.0. The third kappa shape index (κ3) is 22.4. The zero-order chi connectivity index (χ0) is 31.2. The molecule has 0 saturated heterocycles. The fourth-order valence-corrected chi connectivity index (χ4v) is 3.80. The Morgan fingerprint density at radius 2 is 0.900 bits per heavy atom. The summed E-state index contributed by atoms with van der Waals surface area (Å²) in [6, 6.07) is 0. The van der Waals surface area contributed by atoms with Gasteiger partial charge in [-0.05, 0) is 34.6 Å². The zero-order valence-corrected chi connectivity index (χ0v) is 26.0. The third-order valence-corrected chi connectivity index (χ3v) is 4.87. The number of hydrogen-bond donors (Lipinski definition) is 0. The Bertz CT molecular complexity index is 838. The molecule has 0 unspecified atom stereocenters. The summed E-state index contributed by atoms with van der Waals surface area (Å²) in [7, 11) is 0. The SMILES string of the molecule is C.CCC(=O)CC(=O)OC(C)(C)OC(C)(C)CC(=O)CC(C)=O.CCC(=O)CC(C)(C)OC(C)(C)OC(=O)CC. The van der Waals surface area contributed by atoms with Gasteiger partial charge in [-0.25, -0.2) is 0 Å². The standard InChI is InChI=1S/C16H26O6.C13H24O4.CH4/c1-7-12(18)9-14(20)21-16(5,6)22-15(3,4)10-13(19)8-11(2)17;1-7-10(14)9-12(3,4)17-13(5,6)16-11(15)8-2;/h7-10H2,1-6H3;7-9H2,1-6H3;1H4. The van der Waals surface area contributed by atoms with Crippen molar-refractivity contribution in [1.29, 1.82) is 0 Å². The lowest BCUT2D eigenvalue weighted by molar-refractivity contribution is -0.254. The minimum atomic E-state index is -1.27. The number of Topliss-reactive ketones (excluding diaryl/α,β-unsaturated/α-hetero) is 4. The van der Waals surface area contributed by atoms with Gasteiger partial charge >= 0.3 is 11.9 Å². The van der Waals surface area contributed by atoms with Crippen LogP contribution in [-0.4, -0.2) is 57.8 Å². The summed E-state index contributed by atoms with van der Waals surface area (Å²) in [5.41, 5.74) is -1.53. The van der Waals surface area contributed by atoms with Crippen molar-refractivity contribution in [2.45, 2.75) is 158 Å². The normalized spacial score (nSPS) is 11.8. The van der Waals surface area contributed by atoms with Gasteiger partial charge in [0.15, 0.2) is 0 Å². The molecule has 0 fully saturated rings. The van der Waals surface area contributed by atoms with Crippen LogP contribution in [0.25, 0.3) is 0 Å². The van der Waals surface area contributed by atoms with E-state index in [1.54, 1.807) is 55.4 Å². The molecule has 0 rings (SSSR count). The summed E-state index contributed by atoms with van der Waals surface area (Å²) < 4.78 is 21.7. The van der Waals surface area contributed by atoms with Gasteiger partial charge in [0.1, 0.15) is 29.6 Å². The van der Waals surface area contributed by atoms with Crippen molar-refractivity contribution in [3.63, 3.8) is 0 Å². The molecule has 10 heteroatoms. The maximum atomic E-state index is 11.7. The van der Waals surface area contributed by atoms with Crippen molar-refractivity contribution in [3.8, 4) is 0 Å². The molecular formula is C30H54O10. The predicted molar refractivity (Wildman–Crippen MR) is 152 cm³/mol. The average Bonchev–Trinajstić information content (AvgIpc) is 2.69. The number of ketones is 4. The van der Waals surface area contributed by atoms with Crippen LogP contribution in [0.4, 0.5) is 0 Å². The molecule has 0 bridgehead atoms.